The Balaban J connectivity index is 1.52. The average Bonchev–Trinajstić information content (AvgIpc) is 3.27. The number of aliphatic hydroxyl groups excluding tert-OH is 1. The van der Waals surface area contributed by atoms with Gasteiger partial charge in [-0.1, -0.05) is 37.1 Å². The summed E-state index contributed by atoms with van der Waals surface area (Å²) in [6, 6.07) is 10.9. The number of fused-ring (bicyclic) bond motifs is 4. The van der Waals surface area contributed by atoms with Gasteiger partial charge in [0.1, 0.15) is 51.9 Å². The fourth-order valence-corrected chi connectivity index (χ4v) is 5.66. The van der Waals surface area contributed by atoms with Crippen LogP contribution in [0.4, 0.5) is 0 Å². The normalized spacial score (nSPS) is 16.9. The second-order valence-corrected chi connectivity index (χ2v) is 10.5. The highest BCUT2D eigenvalue weighted by molar-refractivity contribution is 6.25. The zero-order valence-electron chi connectivity index (χ0n) is 24.5. The first-order chi connectivity index (χ1) is 20.5. The molecule has 3 aromatic carbocycles. The number of hydrogen-bond acceptors (Lipinski definition) is 8. The number of amides is 1. The zero-order chi connectivity index (χ0) is 31.1. The summed E-state index contributed by atoms with van der Waals surface area (Å²) in [5.41, 5.74) is -0.321. The van der Waals surface area contributed by atoms with E-state index in [2.05, 4.69) is 17.2 Å². The van der Waals surface area contributed by atoms with E-state index in [9.17, 15) is 24.6 Å². The van der Waals surface area contributed by atoms with E-state index in [1.807, 2.05) is 44.2 Å². The van der Waals surface area contributed by atoms with Crippen LogP contribution < -0.4 is 19.5 Å². The number of hydrogen-bond donors (Lipinski definition) is 3. The van der Waals surface area contributed by atoms with Gasteiger partial charge in [-0.2, -0.15) is 0 Å². The molecule has 0 spiro atoms. The zero-order valence-corrected chi connectivity index (χ0v) is 24.5. The molecule has 1 amide bonds. The van der Waals surface area contributed by atoms with Gasteiger partial charge in [0.25, 0.3) is 5.91 Å². The first kappa shape index (κ1) is 29.3. The molecular formula is C34H31NO8. The van der Waals surface area contributed by atoms with Gasteiger partial charge in [-0.15, -0.1) is 5.92 Å². The molecule has 1 atom stereocenters. The molecule has 0 unspecified atom stereocenters. The lowest BCUT2D eigenvalue weighted by Gasteiger charge is -2.27. The van der Waals surface area contributed by atoms with Gasteiger partial charge in [-0.05, 0) is 43.4 Å². The number of aromatic hydroxyl groups is 1. The quantitative estimate of drug-likeness (QED) is 0.259. The van der Waals surface area contributed by atoms with E-state index in [0.29, 0.717) is 5.75 Å². The van der Waals surface area contributed by atoms with Gasteiger partial charge >= 0.3 is 0 Å². The molecule has 0 radical (unpaired) electrons. The molecule has 3 N–H and O–H groups in total. The predicted octanol–water partition coefficient (Wildman–Crippen LogP) is 5.10. The molecule has 1 aliphatic carbocycles. The van der Waals surface area contributed by atoms with Crippen LogP contribution in [0.2, 0.25) is 0 Å². The van der Waals surface area contributed by atoms with Crippen LogP contribution in [-0.4, -0.2) is 41.4 Å². The molecule has 9 heteroatoms. The number of aliphatic hydroxyl groups is 1. The maximum Gasteiger partial charge on any atom is 0.259 e. The monoisotopic (exact) mass is 581 g/mol. The number of Topliss-reactive ketones (excluding diaryl/α,β-unsaturated/α-hetero) is 2. The molecule has 2 aliphatic rings. The minimum Gasteiger partial charge on any atom is -0.507 e. The van der Waals surface area contributed by atoms with Crippen molar-refractivity contribution in [2.75, 3.05) is 13.7 Å². The summed E-state index contributed by atoms with van der Waals surface area (Å²) < 4.78 is 17.4. The third-order valence-electron chi connectivity index (χ3n) is 7.80. The second-order valence-electron chi connectivity index (χ2n) is 10.5. The minimum absolute atomic E-state index is 0.00949. The number of phenolic OH excluding ortho intramolecular Hbond substituents is 1. The fourth-order valence-electron chi connectivity index (χ4n) is 5.66. The number of ketones is 2. The van der Waals surface area contributed by atoms with Gasteiger partial charge in [-0.3, -0.25) is 14.4 Å². The van der Waals surface area contributed by atoms with Crippen molar-refractivity contribution in [1.29, 1.82) is 0 Å². The molecule has 220 valence electrons. The van der Waals surface area contributed by atoms with Gasteiger partial charge in [0.2, 0.25) is 0 Å². The number of carbonyl (C=O) groups excluding carboxylic acids is 3. The van der Waals surface area contributed by atoms with Crippen LogP contribution in [0.15, 0.2) is 59.6 Å². The van der Waals surface area contributed by atoms with Gasteiger partial charge in [-0.25, -0.2) is 0 Å². The first-order valence-corrected chi connectivity index (χ1v) is 13.8. The van der Waals surface area contributed by atoms with Crippen molar-refractivity contribution in [2.45, 2.75) is 46.1 Å². The lowest BCUT2D eigenvalue weighted by atomic mass is 9.71. The van der Waals surface area contributed by atoms with Crippen LogP contribution in [0, 0.1) is 18.8 Å². The summed E-state index contributed by atoms with van der Waals surface area (Å²) in [6.45, 7) is 6.94. The van der Waals surface area contributed by atoms with E-state index in [1.165, 1.54) is 33.1 Å². The molecule has 0 saturated carbocycles. The van der Waals surface area contributed by atoms with Crippen molar-refractivity contribution < 1.29 is 38.8 Å². The van der Waals surface area contributed by atoms with Gasteiger partial charge in [0.15, 0.2) is 17.3 Å². The van der Waals surface area contributed by atoms with Crippen molar-refractivity contribution in [2.24, 2.45) is 0 Å². The van der Waals surface area contributed by atoms with Crippen LogP contribution in [0.3, 0.4) is 0 Å². The molecule has 9 nitrogen and oxygen atoms in total. The summed E-state index contributed by atoms with van der Waals surface area (Å²) in [7, 11) is 1.34. The molecule has 1 heterocycles. The number of methoxy groups -OCH3 is 1. The SMILES string of the molecule is CCC#CCOc1cc(C)c(CNC(=O)c2c(OC)cc(O)c3c2OC2=CC(O)=C(C(C)=O)C(=O)[C@]23C)c2ccccc12. The summed E-state index contributed by atoms with van der Waals surface area (Å²) in [5.74, 6) is 3.72. The molecule has 0 bridgehead atoms. The van der Waals surface area contributed by atoms with E-state index >= 15 is 0 Å². The average molecular weight is 582 g/mol. The van der Waals surface area contributed by atoms with Crippen LogP contribution in [-0.2, 0) is 21.5 Å². The predicted molar refractivity (Wildman–Crippen MR) is 159 cm³/mol. The number of carbonyl (C=O) groups is 3. The van der Waals surface area contributed by atoms with Crippen molar-refractivity contribution in [3.05, 3.63) is 81.8 Å². The van der Waals surface area contributed by atoms with E-state index < -0.39 is 34.2 Å². The minimum atomic E-state index is -1.64. The number of benzene rings is 3. The van der Waals surface area contributed by atoms with Gasteiger partial charge in [0.05, 0.1) is 12.7 Å². The number of ether oxygens (including phenoxy) is 3. The summed E-state index contributed by atoms with van der Waals surface area (Å²) in [5, 5.41) is 26.1. The number of aryl methyl sites for hydroxylation is 1. The lowest BCUT2D eigenvalue weighted by molar-refractivity contribution is -0.123. The molecule has 3 aromatic rings. The molecule has 0 fully saturated rings. The van der Waals surface area contributed by atoms with Gasteiger partial charge < -0.3 is 29.7 Å². The number of nitrogens with one attached hydrogen (secondary N) is 1. The Labute approximate surface area is 248 Å². The fraction of sp³-hybridized carbons (Fsp3) is 0.265. The maximum atomic E-state index is 13.8. The van der Waals surface area contributed by atoms with Crippen molar-refractivity contribution in [3.63, 3.8) is 0 Å². The summed E-state index contributed by atoms with van der Waals surface area (Å²) >= 11 is 0. The highest BCUT2D eigenvalue weighted by Gasteiger charge is 2.55. The van der Waals surface area contributed by atoms with Crippen LogP contribution in [0.1, 0.15) is 54.2 Å². The first-order valence-electron chi connectivity index (χ1n) is 13.8. The summed E-state index contributed by atoms with van der Waals surface area (Å²) in [4.78, 5) is 39.5. The van der Waals surface area contributed by atoms with E-state index in [0.717, 1.165) is 28.3 Å². The Bertz CT molecular complexity index is 1840. The second kappa shape index (κ2) is 11.2. The number of rotatable bonds is 7. The largest absolute Gasteiger partial charge is 0.507 e. The van der Waals surface area contributed by atoms with E-state index in [-0.39, 0.29) is 47.3 Å². The third kappa shape index (κ3) is 4.75. The Hall–Kier alpha value is -5.23. The van der Waals surface area contributed by atoms with Crippen molar-refractivity contribution in [1.82, 2.24) is 5.32 Å². The van der Waals surface area contributed by atoms with Crippen molar-refractivity contribution >= 4 is 28.2 Å². The van der Waals surface area contributed by atoms with E-state index in [1.54, 1.807) is 0 Å². The molecule has 1 aliphatic heterocycles. The third-order valence-corrected chi connectivity index (χ3v) is 7.80. The number of phenols is 1. The lowest BCUT2D eigenvalue weighted by Crippen LogP contribution is -2.38. The Morgan fingerprint density at radius 3 is 2.49 bits per heavy atom. The molecule has 0 aromatic heterocycles. The molecule has 43 heavy (non-hydrogen) atoms. The molecule has 5 rings (SSSR count). The van der Waals surface area contributed by atoms with Crippen LogP contribution >= 0.6 is 0 Å². The Morgan fingerprint density at radius 2 is 1.81 bits per heavy atom. The van der Waals surface area contributed by atoms with Crippen LogP contribution in [0.25, 0.3) is 10.8 Å². The molecular weight excluding hydrogens is 550 g/mol. The Kier molecular flexibility index (Phi) is 7.63. The molecule has 0 saturated heterocycles. The highest BCUT2D eigenvalue weighted by Crippen LogP contribution is 2.56. The van der Waals surface area contributed by atoms with Gasteiger partial charge in [0, 0.05) is 30.5 Å². The Morgan fingerprint density at radius 1 is 1.09 bits per heavy atom. The maximum absolute atomic E-state index is 13.8. The standard InChI is InChI=1S/C34H31NO8/c1-6-7-10-13-42-25-14-18(2)22(20-11-8-9-12-21(20)25)17-35-33(40)29-26(41-5)15-24(38)30-31(29)43-27-16-23(37)28(19(3)36)32(39)34(27,30)4/h8-9,11-12,14-16,37-38H,6,13,17H2,1-5H3,(H,35,40)/t34-/m1/s1. The highest BCUT2D eigenvalue weighted by atomic mass is 16.5. The topological polar surface area (TPSA) is 131 Å². The van der Waals surface area contributed by atoms with Crippen molar-refractivity contribution in [3.8, 4) is 34.8 Å². The summed E-state index contributed by atoms with van der Waals surface area (Å²) in [6.07, 6.45) is 1.91. The number of allylic oxidation sites excluding steroid dienone is 3. The van der Waals surface area contributed by atoms with E-state index in [4.69, 9.17) is 14.2 Å². The van der Waals surface area contributed by atoms with Crippen LogP contribution in [0.5, 0.6) is 23.0 Å². The smallest absolute Gasteiger partial charge is 0.259 e.